The molecule has 8 heteroatoms. The predicted molar refractivity (Wildman–Crippen MR) is 120 cm³/mol. The fourth-order valence-electron chi connectivity index (χ4n) is 5.32. The third-order valence-electron chi connectivity index (χ3n) is 7.34. The zero-order chi connectivity index (χ0) is 24.1. The molecule has 0 saturated carbocycles. The Bertz CT molecular complexity index is 1020. The molecule has 1 amide bonds. The number of aliphatic hydroxyl groups is 1. The first-order valence-corrected chi connectivity index (χ1v) is 11.5. The van der Waals surface area contributed by atoms with E-state index in [1.165, 1.54) is 4.57 Å². The van der Waals surface area contributed by atoms with Crippen LogP contribution in [0.4, 0.5) is 13.2 Å². The lowest BCUT2D eigenvalue weighted by Crippen LogP contribution is -2.57. The Hall–Kier alpha value is -2.32. The number of benzene rings is 1. The van der Waals surface area contributed by atoms with Crippen molar-refractivity contribution in [1.29, 1.82) is 0 Å². The lowest BCUT2D eigenvalue weighted by molar-refractivity contribution is -0.00781. The Morgan fingerprint density at radius 3 is 2.24 bits per heavy atom. The molecule has 4 rings (SSSR count). The summed E-state index contributed by atoms with van der Waals surface area (Å²) in [6.07, 6.45) is 0.349. The summed E-state index contributed by atoms with van der Waals surface area (Å²) in [7, 11) is 1.90. The van der Waals surface area contributed by atoms with E-state index in [1.807, 2.05) is 25.8 Å². The number of likely N-dealkylation sites (N-methyl/N-ethyl adjacent to an activating group) is 1. The van der Waals surface area contributed by atoms with Crippen LogP contribution < -0.4 is 0 Å². The maximum absolute atomic E-state index is 15.0. The molecule has 1 saturated heterocycles. The summed E-state index contributed by atoms with van der Waals surface area (Å²) in [6.45, 7) is 6.32. The van der Waals surface area contributed by atoms with E-state index in [9.17, 15) is 18.7 Å². The van der Waals surface area contributed by atoms with Gasteiger partial charge in [0.25, 0.3) is 11.8 Å². The van der Waals surface area contributed by atoms with Crippen molar-refractivity contribution >= 4 is 5.91 Å². The van der Waals surface area contributed by atoms with Crippen LogP contribution in [0.3, 0.4) is 0 Å². The van der Waals surface area contributed by atoms with Gasteiger partial charge in [0.2, 0.25) is 0 Å². The van der Waals surface area contributed by atoms with Gasteiger partial charge in [0, 0.05) is 44.7 Å². The van der Waals surface area contributed by atoms with E-state index in [1.54, 1.807) is 29.2 Å². The Morgan fingerprint density at radius 1 is 1.09 bits per heavy atom. The molecule has 33 heavy (non-hydrogen) atoms. The first-order valence-electron chi connectivity index (χ1n) is 11.5. The van der Waals surface area contributed by atoms with Gasteiger partial charge in [-0.15, -0.1) is 0 Å². The van der Waals surface area contributed by atoms with E-state index in [0.717, 1.165) is 18.6 Å². The first kappa shape index (κ1) is 23.8. The molecule has 2 aromatic rings. The van der Waals surface area contributed by atoms with Crippen LogP contribution >= 0.6 is 0 Å². The van der Waals surface area contributed by atoms with Crippen molar-refractivity contribution in [2.45, 2.75) is 57.7 Å². The molecule has 5 nitrogen and oxygen atoms in total. The Labute approximate surface area is 192 Å². The molecule has 1 spiro atoms. The lowest BCUT2D eigenvalue weighted by Gasteiger charge is -2.50. The van der Waals surface area contributed by atoms with Crippen LogP contribution in [0, 0.1) is 11.7 Å². The highest BCUT2D eigenvalue weighted by Gasteiger charge is 2.48. The summed E-state index contributed by atoms with van der Waals surface area (Å²) in [5.41, 5.74) is 0.609. The molecular weight excluding hydrogens is 431 g/mol. The number of likely N-dealkylation sites (tertiary alicyclic amines) is 1. The number of carbonyl (C=O) groups is 1. The van der Waals surface area contributed by atoms with E-state index >= 15 is 4.39 Å². The van der Waals surface area contributed by atoms with Gasteiger partial charge in [0.15, 0.2) is 0 Å². The predicted octanol–water partition coefficient (Wildman–Crippen LogP) is 4.51. The van der Waals surface area contributed by atoms with Crippen molar-refractivity contribution in [3.63, 3.8) is 0 Å². The lowest BCUT2D eigenvalue weighted by atomic mass is 9.81. The number of alkyl halides is 2. The zero-order valence-corrected chi connectivity index (χ0v) is 19.6. The topological polar surface area (TPSA) is 48.7 Å². The van der Waals surface area contributed by atoms with Crippen LogP contribution in [0.15, 0.2) is 30.3 Å². The number of hydrogen-bond acceptors (Lipinski definition) is 3. The summed E-state index contributed by atoms with van der Waals surface area (Å²) in [5, 5.41) is 10.2. The van der Waals surface area contributed by atoms with Crippen LogP contribution in [0.25, 0.3) is 0 Å². The second-order valence-electron chi connectivity index (χ2n) is 9.82. The van der Waals surface area contributed by atoms with Gasteiger partial charge in [0.1, 0.15) is 5.82 Å². The molecule has 1 unspecified atom stereocenters. The third kappa shape index (κ3) is 4.08. The number of piperidine rings is 1. The summed E-state index contributed by atoms with van der Waals surface area (Å²) in [6, 6.07) is 7.96. The minimum Gasteiger partial charge on any atom is -0.388 e. The van der Waals surface area contributed by atoms with Gasteiger partial charge in [-0.3, -0.25) is 9.69 Å². The fourth-order valence-corrected chi connectivity index (χ4v) is 5.32. The molecule has 2 aliphatic rings. The van der Waals surface area contributed by atoms with Crippen molar-refractivity contribution in [2.75, 3.05) is 26.7 Å². The molecule has 0 bridgehead atoms. The molecule has 180 valence electrons. The third-order valence-corrected chi connectivity index (χ3v) is 7.34. The molecular formula is C25H32F3N3O2. The van der Waals surface area contributed by atoms with Crippen molar-refractivity contribution in [1.82, 2.24) is 14.4 Å². The first-order chi connectivity index (χ1) is 15.5. The standard InChI is InChI=1S/C25H32F3N3O2/c1-16(2)21(32)17-5-7-18(8-6-17)23(33)30-11-9-25(10-12-30)22-19(26)15-20(24(3,27)28)31(22)14-13-29(25)4/h5-8,15-16,21,32H,9-14H2,1-4H3. The molecule has 3 heterocycles. The number of halogens is 3. The SMILES string of the molecule is CC(C)C(O)c1ccc(C(=O)N2CCC3(CC2)c2c(F)cc(C(C)(F)F)n2CCN3C)cc1. The number of hydrogen-bond donors (Lipinski definition) is 1. The molecule has 1 fully saturated rings. The van der Waals surface area contributed by atoms with E-state index < -0.39 is 23.4 Å². The van der Waals surface area contributed by atoms with Crippen molar-refractivity contribution in [3.8, 4) is 0 Å². The number of aromatic nitrogens is 1. The maximum atomic E-state index is 15.0. The Kier molecular flexibility index (Phi) is 6.12. The molecule has 1 aromatic carbocycles. The van der Waals surface area contributed by atoms with Crippen molar-refractivity contribution in [3.05, 3.63) is 58.7 Å². The van der Waals surface area contributed by atoms with E-state index in [2.05, 4.69) is 0 Å². The Morgan fingerprint density at radius 2 is 1.70 bits per heavy atom. The molecule has 1 atom stereocenters. The number of amides is 1. The number of carbonyl (C=O) groups excluding carboxylic acids is 1. The van der Waals surface area contributed by atoms with Crippen LogP contribution in [0.2, 0.25) is 0 Å². The largest absolute Gasteiger partial charge is 0.388 e. The highest BCUT2D eigenvalue weighted by molar-refractivity contribution is 5.94. The van der Waals surface area contributed by atoms with Crippen LogP contribution in [0.5, 0.6) is 0 Å². The minimum absolute atomic E-state index is 0.0739. The maximum Gasteiger partial charge on any atom is 0.285 e. The molecule has 2 aliphatic heterocycles. The van der Waals surface area contributed by atoms with Gasteiger partial charge in [-0.25, -0.2) is 13.2 Å². The number of aliphatic hydroxyl groups excluding tert-OH is 1. The summed E-state index contributed by atoms with van der Waals surface area (Å²) in [5.74, 6) is -3.77. The van der Waals surface area contributed by atoms with Gasteiger partial charge in [-0.05, 0) is 43.5 Å². The van der Waals surface area contributed by atoms with Gasteiger partial charge in [0.05, 0.1) is 23.0 Å². The summed E-state index contributed by atoms with van der Waals surface area (Å²) >= 11 is 0. The van der Waals surface area contributed by atoms with Gasteiger partial charge in [-0.1, -0.05) is 26.0 Å². The van der Waals surface area contributed by atoms with Gasteiger partial charge >= 0.3 is 0 Å². The minimum atomic E-state index is -3.12. The smallest absolute Gasteiger partial charge is 0.285 e. The van der Waals surface area contributed by atoms with Crippen molar-refractivity contribution in [2.24, 2.45) is 5.92 Å². The van der Waals surface area contributed by atoms with Gasteiger partial charge < -0.3 is 14.6 Å². The fraction of sp³-hybridized carbons (Fsp3) is 0.560. The van der Waals surface area contributed by atoms with Crippen LogP contribution in [-0.4, -0.2) is 52.1 Å². The second kappa shape index (κ2) is 8.47. The van der Waals surface area contributed by atoms with Crippen molar-refractivity contribution < 1.29 is 23.1 Å². The number of fused-ring (bicyclic) bond motifs is 2. The average Bonchev–Trinajstić information content (AvgIpc) is 3.14. The summed E-state index contributed by atoms with van der Waals surface area (Å²) < 4.78 is 44.7. The monoisotopic (exact) mass is 463 g/mol. The normalized spacial score (nSPS) is 19.7. The van der Waals surface area contributed by atoms with Crippen LogP contribution in [0.1, 0.15) is 67.0 Å². The molecule has 0 aliphatic carbocycles. The van der Waals surface area contributed by atoms with E-state index in [-0.39, 0.29) is 17.5 Å². The summed E-state index contributed by atoms with van der Waals surface area (Å²) in [4.78, 5) is 16.9. The highest BCUT2D eigenvalue weighted by atomic mass is 19.3. The van der Waals surface area contributed by atoms with E-state index in [4.69, 9.17) is 0 Å². The van der Waals surface area contributed by atoms with Crippen LogP contribution in [-0.2, 0) is 18.0 Å². The molecule has 1 N–H and O–H groups in total. The average molecular weight is 464 g/mol. The second-order valence-corrected chi connectivity index (χ2v) is 9.82. The quantitative estimate of drug-likeness (QED) is 0.726. The number of rotatable bonds is 4. The van der Waals surface area contributed by atoms with E-state index in [0.29, 0.717) is 50.3 Å². The molecule has 1 aromatic heterocycles. The Balaban J connectivity index is 1.54. The molecule has 0 radical (unpaired) electrons. The zero-order valence-electron chi connectivity index (χ0n) is 19.6. The number of nitrogens with zero attached hydrogens (tertiary/aromatic N) is 3. The van der Waals surface area contributed by atoms with Gasteiger partial charge in [-0.2, -0.15) is 0 Å². The highest BCUT2D eigenvalue weighted by Crippen LogP contribution is 2.45.